The molecule has 2 rings (SSSR count). The maximum Gasteiger partial charge on any atom is 0.221 e. The van der Waals surface area contributed by atoms with Gasteiger partial charge in [-0.05, 0) is 0 Å². The van der Waals surface area contributed by atoms with E-state index in [0.29, 0.717) is 19.6 Å². The van der Waals surface area contributed by atoms with Gasteiger partial charge in [0.15, 0.2) is 5.13 Å². The number of nitrogens with one attached hydrogen (secondary N) is 2. The Bertz CT molecular complexity index is 410. The van der Waals surface area contributed by atoms with E-state index in [1.54, 1.807) is 18.4 Å². The van der Waals surface area contributed by atoms with Crippen molar-refractivity contribution in [3.63, 3.8) is 0 Å². The van der Waals surface area contributed by atoms with E-state index in [9.17, 15) is 4.79 Å². The molecule has 7 heteroatoms. The summed E-state index contributed by atoms with van der Waals surface area (Å²) in [6.07, 6.45) is 2.45. The van der Waals surface area contributed by atoms with Crippen molar-refractivity contribution in [2.75, 3.05) is 44.8 Å². The quantitative estimate of drug-likeness (QED) is 0.731. The van der Waals surface area contributed by atoms with Gasteiger partial charge in [-0.15, -0.1) is 11.3 Å². The van der Waals surface area contributed by atoms with Crippen LogP contribution in [0.3, 0.4) is 0 Å². The lowest BCUT2D eigenvalue weighted by atomic mass is 10.4. The molecule has 106 valence electrons. The lowest BCUT2D eigenvalue weighted by Gasteiger charge is -2.17. The lowest BCUT2D eigenvalue weighted by molar-refractivity contribution is -0.120. The number of ether oxygens (including phenoxy) is 1. The molecule has 0 unspecified atom stereocenters. The van der Waals surface area contributed by atoms with Gasteiger partial charge in [-0.25, -0.2) is 4.98 Å². The molecule has 1 aromatic heterocycles. The summed E-state index contributed by atoms with van der Waals surface area (Å²) in [5, 5.41) is 7.17. The monoisotopic (exact) mass is 284 g/mol. The van der Waals surface area contributed by atoms with E-state index >= 15 is 0 Å². The van der Waals surface area contributed by atoms with Gasteiger partial charge in [0.05, 0.1) is 6.61 Å². The average Bonchev–Trinajstić information content (AvgIpc) is 2.77. The third-order valence-electron chi connectivity index (χ3n) is 2.91. The molecule has 2 N–H and O–H groups in total. The summed E-state index contributed by atoms with van der Waals surface area (Å²) >= 11 is 1.68. The highest BCUT2D eigenvalue weighted by Gasteiger charge is 2.16. The molecule has 1 aliphatic heterocycles. The molecular weight excluding hydrogens is 264 g/mol. The minimum Gasteiger partial charge on any atom is -0.383 e. The summed E-state index contributed by atoms with van der Waals surface area (Å²) in [6.45, 7) is 4.63. The number of hydrogen-bond acceptors (Lipinski definition) is 6. The van der Waals surface area contributed by atoms with Crippen LogP contribution in [0.4, 0.5) is 5.13 Å². The molecule has 0 aromatic carbocycles. The number of hydrogen-bond donors (Lipinski definition) is 2. The van der Waals surface area contributed by atoms with Crippen molar-refractivity contribution in [2.45, 2.75) is 13.0 Å². The zero-order valence-corrected chi connectivity index (χ0v) is 12.0. The van der Waals surface area contributed by atoms with Crippen molar-refractivity contribution in [3.8, 4) is 0 Å². The molecule has 0 radical (unpaired) electrons. The number of amides is 1. The van der Waals surface area contributed by atoms with Crippen molar-refractivity contribution in [1.29, 1.82) is 0 Å². The number of aromatic nitrogens is 1. The first-order chi connectivity index (χ1) is 9.29. The molecule has 19 heavy (non-hydrogen) atoms. The Kier molecular flexibility index (Phi) is 5.56. The summed E-state index contributed by atoms with van der Waals surface area (Å²) in [7, 11) is 1.70. The highest BCUT2D eigenvalue weighted by Crippen LogP contribution is 2.22. The molecular formula is C12H20N4O2S. The van der Waals surface area contributed by atoms with Crippen molar-refractivity contribution in [3.05, 3.63) is 11.1 Å². The largest absolute Gasteiger partial charge is 0.383 e. The van der Waals surface area contributed by atoms with Crippen LogP contribution in [0.1, 0.15) is 11.3 Å². The number of carbonyl (C=O) groups excluding carboxylic acids is 1. The number of thiazole rings is 1. The predicted octanol–water partition coefficient (Wildman–Crippen LogP) is 0.205. The maximum absolute atomic E-state index is 11.3. The first-order valence-corrected chi connectivity index (χ1v) is 7.27. The van der Waals surface area contributed by atoms with Crippen molar-refractivity contribution < 1.29 is 9.53 Å². The summed E-state index contributed by atoms with van der Waals surface area (Å²) in [5.74, 6) is 0.125. The summed E-state index contributed by atoms with van der Waals surface area (Å²) in [6, 6.07) is 0. The van der Waals surface area contributed by atoms with Gasteiger partial charge in [0.2, 0.25) is 5.91 Å². The lowest BCUT2D eigenvalue weighted by Crippen LogP contribution is -2.28. The van der Waals surface area contributed by atoms with E-state index in [4.69, 9.17) is 4.74 Å². The maximum atomic E-state index is 11.3. The molecule has 1 saturated heterocycles. The fourth-order valence-corrected chi connectivity index (χ4v) is 2.80. The molecule has 1 fully saturated rings. The second kappa shape index (κ2) is 7.42. The van der Waals surface area contributed by atoms with E-state index in [2.05, 4.69) is 20.5 Å². The van der Waals surface area contributed by atoms with Crippen LogP contribution < -0.4 is 15.5 Å². The van der Waals surface area contributed by atoms with Crippen molar-refractivity contribution >= 4 is 22.4 Å². The van der Waals surface area contributed by atoms with Crippen LogP contribution in [0.15, 0.2) is 6.20 Å². The molecule has 2 heterocycles. The summed E-state index contributed by atoms with van der Waals surface area (Å²) in [5.41, 5.74) is 0. The Morgan fingerprint density at radius 3 is 3.32 bits per heavy atom. The fraction of sp³-hybridized carbons (Fsp3) is 0.667. The van der Waals surface area contributed by atoms with Gasteiger partial charge in [-0.3, -0.25) is 4.79 Å². The number of anilines is 1. The average molecular weight is 284 g/mol. The first kappa shape index (κ1) is 14.2. The van der Waals surface area contributed by atoms with Gasteiger partial charge in [0.25, 0.3) is 0 Å². The molecule has 1 aliphatic rings. The number of rotatable bonds is 6. The van der Waals surface area contributed by atoms with Crippen molar-refractivity contribution in [2.24, 2.45) is 0 Å². The van der Waals surface area contributed by atoms with Crippen LogP contribution in [0.25, 0.3) is 0 Å². The number of methoxy groups -OCH3 is 1. The first-order valence-electron chi connectivity index (χ1n) is 6.45. The Labute approximate surface area is 117 Å². The second-order valence-corrected chi connectivity index (χ2v) is 5.46. The van der Waals surface area contributed by atoms with Gasteiger partial charge in [-0.2, -0.15) is 0 Å². The topological polar surface area (TPSA) is 66.5 Å². The van der Waals surface area contributed by atoms with Gasteiger partial charge >= 0.3 is 0 Å². The Balaban J connectivity index is 1.83. The van der Waals surface area contributed by atoms with Gasteiger partial charge in [-0.1, -0.05) is 0 Å². The molecule has 1 aromatic rings. The Hall–Kier alpha value is -1.18. The van der Waals surface area contributed by atoms with Crippen LogP contribution in [-0.4, -0.2) is 50.8 Å². The smallest absolute Gasteiger partial charge is 0.221 e. The standard InChI is InChI=1S/C12H20N4O2S/c1-18-7-4-13-8-10-9-15-12(19-10)16-5-2-11(17)14-3-6-16/h9,13H,2-8H2,1H3,(H,14,17). The van der Waals surface area contributed by atoms with Crippen LogP contribution in [-0.2, 0) is 16.1 Å². The second-order valence-electron chi connectivity index (χ2n) is 4.37. The Morgan fingerprint density at radius 2 is 2.47 bits per heavy atom. The van der Waals surface area contributed by atoms with Crippen LogP contribution in [0, 0.1) is 0 Å². The predicted molar refractivity (Wildman–Crippen MR) is 75.5 cm³/mol. The molecule has 6 nitrogen and oxygen atoms in total. The third kappa shape index (κ3) is 4.45. The normalized spacial score (nSPS) is 16.3. The van der Waals surface area contributed by atoms with Crippen LogP contribution in [0.5, 0.6) is 0 Å². The van der Waals surface area contributed by atoms with Crippen LogP contribution in [0.2, 0.25) is 0 Å². The summed E-state index contributed by atoms with van der Waals surface area (Å²) < 4.78 is 4.98. The van der Waals surface area contributed by atoms with Gasteiger partial charge in [0, 0.05) is 57.3 Å². The zero-order valence-electron chi connectivity index (χ0n) is 11.1. The zero-order chi connectivity index (χ0) is 13.5. The van der Waals surface area contributed by atoms with E-state index < -0.39 is 0 Å². The van der Waals surface area contributed by atoms with Gasteiger partial charge < -0.3 is 20.3 Å². The third-order valence-corrected chi connectivity index (χ3v) is 3.96. The van der Waals surface area contributed by atoms with Crippen molar-refractivity contribution in [1.82, 2.24) is 15.6 Å². The van der Waals surface area contributed by atoms with E-state index in [1.165, 1.54) is 4.88 Å². The summed E-state index contributed by atoms with van der Waals surface area (Å²) in [4.78, 5) is 19.1. The SMILES string of the molecule is COCCNCc1cnc(N2CCNC(=O)CC2)s1. The highest BCUT2D eigenvalue weighted by atomic mass is 32.1. The molecule has 0 saturated carbocycles. The molecule has 0 atom stereocenters. The van der Waals surface area contributed by atoms with Gasteiger partial charge in [0.1, 0.15) is 0 Å². The Morgan fingerprint density at radius 1 is 1.58 bits per heavy atom. The fourth-order valence-electron chi connectivity index (χ4n) is 1.87. The molecule has 0 bridgehead atoms. The molecule has 0 spiro atoms. The molecule has 0 aliphatic carbocycles. The number of carbonyl (C=O) groups is 1. The van der Waals surface area contributed by atoms with E-state index in [0.717, 1.165) is 31.3 Å². The minimum atomic E-state index is 0.125. The molecule has 1 amide bonds. The van der Waals surface area contributed by atoms with E-state index in [-0.39, 0.29) is 5.91 Å². The van der Waals surface area contributed by atoms with Crippen LogP contribution >= 0.6 is 11.3 Å². The highest BCUT2D eigenvalue weighted by molar-refractivity contribution is 7.15. The number of nitrogens with zero attached hydrogens (tertiary/aromatic N) is 2. The van der Waals surface area contributed by atoms with E-state index in [1.807, 2.05) is 6.20 Å². The minimum absolute atomic E-state index is 0.125.